The van der Waals surface area contributed by atoms with Gasteiger partial charge in [0.25, 0.3) is 5.91 Å². The number of amides is 1. The summed E-state index contributed by atoms with van der Waals surface area (Å²) in [7, 11) is 0. The second kappa shape index (κ2) is 4.99. The third-order valence-corrected chi connectivity index (χ3v) is 4.01. The molecule has 0 aromatic carbocycles. The number of imidazole rings is 1. The Balaban J connectivity index is 2.19. The van der Waals surface area contributed by atoms with Crippen LogP contribution in [0.25, 0.3) is 0 Å². The molecule has 1 aromatic rings. The fraction of sp³-hybridized carbons (Fsp3) is 0.733. The molecule has 1 aliphatic rings. The van der Waals surface area contributed by atoms with Gasteiger partial charge in [-0.05, 0) is 39.0 Å². The third kappa shape index (κ3) is 2.67. The smallest absolute Gasteiger partial charge is 0.290 e. The molecule has 1 fully saturated rings. The Hall–Kier alpha value is -1.32. The zero-order valence-electron chi connectivity index (χ0n) is 12.7. The van der Waals surface area contributed by atoms with Crippen LogP contribution in [0, 0.1) is 5.41 Å². The van der Waals surface area contributed by atoms with Crippen molar-refractivity contribution in [2.75, 3.05) is 0 Å². The fourth-order valence-electron chi connectivity index (χ4n) is 3.11. The number of aromatic nitrogens is 2. The van der Waals surface area contributed by atoms with Gasteiger partial charge in [-0.25, -0.2) is 4.98 Å². The molecule has 0 N–H and O–H groups in total. The molecule has 0 atom stereocenters. The number of carbonyl (C=O) groups excluding carboxylic acids is 1. The maximum Gasteiger partial charge on any atom is 0.290 e. The van der Waals surface area contributed by atoms with Crippen LogP contribution in [0.2, 0.25) is 0 Å². The average Bonchev–Trinajstić information content (AvgIpc) is 2.73. The van der Waals surface area contributed by atoms with Crippen molar-refractivity contribution >= 4 is 5.91 Å². The Morgan fingerprint density at radius 3 is 2.63 bits per heavy atom. The molecule has 0 radical (unpaired) electrons. The van der Waals surface area contributed by atoms with Crippen LogP contribution in [0.4, 0.5) is 0 Å². The standard InChI is InChI=1S/C15H25N3O/c1-6-17-8-7-16-13(17)14(19)18(11(2)3)12-9-15(4,5)10-12/h7-8,11-12H,6,9-10H2,1-5H3. The van der Waals surface area contributed by atoms with Gasteiger partial charge in [-0.2, -0.15) is 0 Å². The molecule has 0 bridgehead atoms. The van der Waals surface area contributed by atoms with E-state index in [2.05, 4.69) is 32.7 Å². The summed E-state index contributed by atoms with van der Waals surface area (Å²) in [6.07, 6.45) is 5.75. The summed E-state index contributed by atoms with van der Waals surface area (Å²) in [5.74, 6) is 0.642. The lowest BCUT2D eigenvalue weighted by atomic mass is 9.67. The minimum absolute atomic E-state index is 0.0716. The molecule has 0 unspecified atom stereocenters. The van der Waals surface area contributed by atoms with Gasteiger partial charge < -0.3 is 9.47 Å². The van der Waals surface area contributed by atoms with Gasteiger partial charge in [0.2, 0.25) is 0 Å². The summed E-state index contributed by atoms with van der Waals surface area (Å²) in [6, 6.07) is 0.583. The first-order valence-electron chi connectivity index (χ1n) is 7.19. The van der Waals surface area contributed by atoms with Gasteiger partial charge in [0, 0.05) is 31.0 Å². The molecule has 4 nitrogen and oxygen atoms in total. The van der Waals surface area contributed by atoms with Crippen molar-refractivity contribution in [1.29, 1.82) is 0 Å². The Kier molecular flexibility index (Phi) is 3.70. The molecule has 1 aromatic heterocycles. The second-order valence-corrected chi connectivity index (χ2v) is 6.57. The Labute approximate surface area is 115 Å². The number of rotatable bonds is 4. The quantitative estimate of drug-likeness (QED) is 0.837. The monoisotopic (exact) mass is 263 g/mol. The van der Waals surface area contributed by atoms with Crippen LogP contribution in [0.1, 0.15) is 58.1 Å². The number of carbonyl (C=O) groups is 1. The summed E-state index contributed by atoms with van der Waals surface area (Å²) < 4.78 is 1.92. The lowest BCUT2D eigenvalue weighted by Crippen LogP contribution is -2.54. The van der Waals surface area contributed by atoms with E-state index in [1.807, 2.05) is 22.6 Å². The van der Waals surface area contributed by atoms with E-state index in [0.29, 0.717) is 17.3 Å². The fourth-order valence-corrected chi connectivity index (χ4v) is 3.11. The van der Waals surface area contributed by atoms with Crippen LogP contribution >= 0.6 is 0 Å². The molecule has 4 heteroatoms. The Morgan fingerprint density at radius 1 is 1.53 bits per heavy atom. The summed E-state index contributed by atoms with van der Waals surface area (Å²) in [5.41, 5.74) is 0.373. The summed E-state index contributed by atoms with van der Waals surface area (Å²) in [5, 5.41) is 0. The molecule has 2 rings (SSSR count). The normalized spacial score (nSPS) is 18.4. The summed E-state index contributed by atoms with van der Waals surface area (Å²) >= 11 is 0. The summed E-state index contributed by atoms with van der Waals surface area (Å²) in [6.45, 7) is 11.5. The van der Waals surface area contributed by atoms with E-state index in [1.165, 1.54) is 0 Å². The highest BCUT2D eigenvalue weighted by Gasteiger charge is 2.42. The zero-order valence-corrected chi connectivity index (χ0v) is 12.7. The molecule has 0 saturated heterocycles. The van der Waals surface area contributed by atoms with E-state index in [9.17, 15) is 4.79 Å². The van der Waals surface area contributed by atoms with Crippen LogP contribution in [0.3, 0.4) is 0 Å². The molecule has 19 heavy (non-hydrogen) atoms. The second-order valence-electron chi connectivity index (χ2n) is 6.57. The topological polar surface area (TPSA) is 38.1 Å². The van der Waals surface area contributed by atoms with Crippen molar-refractivity contribution in [2.24, 2.45) is 5.41 Å². The predicted molar refractivity (Wildman–Crippen MR) is 76.0 cm³/mol. The van der Waals surface area contributed by atoms with Crippen LogP contribution in [0.15, 0.2) is 12.4 Å². The minimum atomic E-state index is 0.0716. The van der Waals surface area contributed by atoms with Crippen molar-refractivity contribution in [3.05, 3.63) is 18.2 Å². The lowest BCUT2D eigenvalue weighted by Gasteiger charge is -2.49. The van der Waals surface area contributed by atoms with Gasteiger partial charge in [-0.1, -0.05) is 13.8 Å². The highest BCUT2D eigenvalue weighted by molar-refractivity contribution is 5.91. The predicted octanol–water partition coefficient (Wildman–Crippen LogP) is 2.94. The average molecular weight is 263 g/mol. The zero-order chi connectivity index (χ0) is 14.2. The molecule has 0 spiro atoms. The molecule has 106 valence electrons. The van der Waals surface area contributed by atoms with Crippen LogP contribution in [0.5, 0.6) is 0 Å². The molecule has 1 amide bonds. The summed E-state index contributed by atoms with van der Waals surface area (Å²) in [4.78, 5) is 19.0. The van der Waals surface area contributed by atoms with E-state index >= 15 is 0 Å². The van der Waals surface area contributed by atoms with Crippen molar-refractivity contribution < 1.29 is 4.79 Å². The van der Waals surface area contributed by atoms with Gasteiger partial charge in [0.05, 0.1) is 0 Å². The maximum absolute atomic E-state index is 12.7. The molecule has 0 aliphatic heterocycles. The van der Waals surface area contributed by atoms with Gasteiger partial charge in [-0.15, -0.1) is 0 Å². The van der Waals surface area contributed by atoms with Crippen molar-refractivity contribution in [1.82, 2.24) is 14.5 Å². The number of nitrogens with zero attached hydrogens (tertiary/aromatic N) is 3. The molecule has 1 heterocycles. The number of hydrogen-bond donors (Lipinski definition) is 0. The number of aryl methyl sites for hydroxylation is 1. The largest absolute Gasteiger partial charge is 0.331 e. The first-order chi connectivity index (χ1) is 8.85. The Bertz CT molecular complexity index is 454. The van der Waals surface area contributed by atoms with Crippen molar-refractivity contribution in [3.8, 4) is 0 Å². The van der Waals surface area contributed by atoms with Crippen LogP contribution < -0.4 is 0 Å². The number of hydrogen-bond acceptors (Lipinski definition) is 2. The van der Waals surface area contributed by atoms with Gasteiger partial charge >= 0.3 is 0 Å². The molecule has 1 saturated carbocycles. The van der Waals surface area contributed by atoms with E-state index in [1.54, 1.807) is 6.20 Å². The van der Waals surface area contributed by atoms with Crippen LogP contribution in [-0.4, -0.2) is 32.4 Å². The first-order valence-corrected chi connectivity index (χ1v) is 7.19. The SMILES string of the molecule is CCn1ccnc1C(=O)N(C(C)C)C1CC(C)(C)C1. The van der Waals surface area contributed by atoms with E-state index in [0.717, 1.165) is 19.4 Å². The van der Waals surface area contributed by atoms with Gasteiger partial charge in [0.1, 0.15) is 0 Å². The Morgan fingerprint density at radius 2 is 2.16 bits per heavy atom. The van der Waals surface area contributed by atoms with Gasteiger partial charge in [-0.3, -0.25) is 4.79 Å². The van der Waals surface area contributed by atoms with Crippen molar-refractivity contribution in [3.63, 3.8) is 0 Å². The highest BCUT2D eigenvalue weighted by atomic mass is 16.2. The first kappa shape index (κ1) is 14.1. The van der Waals surface area contributed by atoms with Crippen molar-refractivity contribution in [2.45, 2.75) is 66.1 Å². The third-order valence-electron chi connectivity index (χ3n) is 4.01. The molecular formula is C15H25N3O. The van der Waals surface area contributed by atoms with Crippen LogP contribution in [-0.2, 0) is 6.54 Å². The lowest BCUT2D eigenvalue weighted by molar-refractivity contribution is 0.00914. The van der Waals surface area contributed by atoms with E-state index in [-0.39, 0.29) is 11.9 Å². The van der Waals surface area contributed by atoms with E-state index in [4.69, 9.17) is 0 Å². The van der Waals surface area contributed by atoms with Gasteiger partial charge in [0.15, 0.2) is 5.82 Å². The minimum Gasteiger partial charge on any atom is -0.331 e. The highest BCUT2D eigenvalue weighted by Crippen LogP contribution is 2.43. The molecular weight excluding hydrogens is 238 g/mol. The molecule has 1 aliphatic carbocycles. The van der Waals surface area contributed by atoms with E-state index < -0.39 is 0 Å². The maximum atomic E-state index is 12.7.